The van der Waals surface area contributed by atoms with E-state index in [9.17, 15) is 18.0 Å². The Labute approximate surface area is 125 Å². The molecule has 0 aliphatic heterocycles. The molecule has 126 valence electrons. The highest BCUT2D eigenvalue weighted by Gasteiger charge is 2.32. The van der Waals surface area contributed by atoms with Crippen molar-refractivity contribution in [2.75, 3.05) is 33.8 Å². The molecule has 0 aromatic carbocycles. The fourth-order valence-electron chi connectivity index (χ4n) is 2.21. The zero-order valence-corrected chi connectivity index (χ0v) is 13.3. The van der Waals surface area contributed by atoms with Crippen LogP contribution >= 0.6 is 0 Å². The molecule has 0 bridgehead atoms. The van der Waals surface area contributed by atoms with Crippen LogP contribution in [0.3, 0.4) is 0 Å². The van der Waals surface area contributed by atoms with Gasteiger partial charge in [0.25, 0.3) is 0 Å². The molecular formula is C14H27F3N2O2. The maximum atomic E-state index is 12.4. The maximum Gasteiger partial charge on any atom is 0.401 e. The standard InChI is InChI=1S/C14H27F3N2O2/c1-5-9-19(11-14(15,16)17)10-7-6-8-13(2,18-3)12(20)21-4/h18H,5-11H2,1-4H3. The average molecular weight is 312 g/mol. The first-order valence-corrected chi connectivity index (χ1v) is 7.25. The molecule has 0 saturated heterocycles. The zero-order chi connectivity index (χ0) is 16.5. The number of methoxy groups -OCH3 is 1. The number of esters is 1. The number of ether oxygens (including phenoxy) is 1. The van der Waals surface area contributed by atoms with Gasteiger partial charge in [-0.05, 0) is 52.7 Å². The Morgan fingerprint density at radius 2 is 1.86 bits per heavy atom. The van der Waals surface area contributed by atoms with Gasteiger partial charge in [0.15, 0.2) is 0 Å². The second-order valence-corrected chi connectivity index (χ2v) is 5.42. The van der Waals surface area contributed by atoms with Crippen molar-refractivity contribution in [1.82, 2.24) is 10.2 Å². The van der Waals surface area contributed by atoms with Crippen LogP contribution in [0.25, 0.3) is 0 Å². The summed E-state index contributed by atoms with van der Waals surface area (Å²) in [4.78, 5) is 13.1. The van der Waals surface area contributed by atoms with E-state index >= 15 is 0 Å². The summed E-state index contributed by atoms with van der Waals surface area (Å²) in [5.41, 5.74) is -0.783. The summed E-state index contributed by atoms with van der Waals surface area (Å²) in [5, 5.41) is 2.91. The maximum absolute atomic E-state index is 12.4. The number of carbonyl (C=O) groups excluding carboxylic acids is 1. The third kappa shape index (κ3) is 8.26. The van der Waals surface area contributed by atoms with Gasteiger partial charge in [0.2, 0.25) is 0 Å². The van der Waals surface area contributed by atoms with Crippen LogP contribution in [0.15, 0.2) is 0 Å². The second-order valence-electron chi connectivity index (χ2n) is 5.42. The van der Waals surface area contributed by atoms with E-state index in [2.05, 4.69) is 5.32 Å². The van der Waals surface area contributed by atoms with Gasteiger partial charge in [0.05, 0.1) is 13.7 Å². The molecule has 0 aliphatic carbocycles. The van der Waals surface area contributed by atoms with E-state index in [0.717, 1.165) is 0 Å². The van der Waals surface area contributed by atoms with E-state index in [1.54, 1.807) is 14.0 Å². The van der Waals surface area contributed by atoms with Crippen LogP contribution in [0, 0.1) is 0 Å². The average Bonchev–Trinajstić information content (AvgIpc) is 2.40. The van der Waals surface area contributed by atoms with E-state index in [0.29, 0.717) is 38.8 Å². The van der Waals surface area contributed by atoms with Gasteiger partial charge < -0.3 is 10.1 Å². The highest BCUT2D eigenvalue weighted by molar-refractivity contribution is 5.80. The summed E-state index contributed by atoms with van der Waals surface area (Å²) in [6, 6.07) is 0. The third-order valence-corrected chi connectivity index (χ3v) is 3.53. The van der Waals surface area contributed by atoms with Gasteiger partial charge in [-0.25, -0.2) is 0 Å². The van der Waals surface area contributed by atoms with Crippen LogP contribution in [0.4, 0.5) is 13.2 Å². The van der Waals surface area contributed by atoms with E-state index < -0.39 is 18.3 Å². The largest absolute Gasteiger partial charge is 0.468 e. The van der Waals surface area contributed by atoms with Crippen molar-refractivity contribution in [1.29, 1.82) is 0 Å². The van der Waals surface area contributed by atoms with E-state index in [-0.39, 0.29) is 5.97 Å². The monoisotopic (exact) mass is 312 g/mol. The molecule has 1 atom stereocenters. The van der Waals surface area contributed by atoms with Gasteiger partial charge in [0, 0.05) is 0 Å². The van der Waals surface area contributed by atoms with Crippen molar-refractivity contribution in [3.63, 3.8) is 0 Å². The number of likely N-dealkylation sites (N-methyl/N-ethyl adjacent to an activating group) is 1. The molecular weight excluding hydrogens is 285 g/mol. The summed E-state index contributed by atoms with van der Waals surface area (Å²) < 4.78 is 42.0. The lowest BCUT2D eigenvalue weighted by Crippen LogP contribution is -2.48. The molecule has 0 aromatic rings. The normalized spacial score (nSPS) is 15.0. The number of hydrogen-bond acceptors (Lipinski definition) is 4. The minimum Gasteiger partial charge on any atom is -0.468 e. The van der Waals surface area contributed by atoms with Gasteiger partial charge >= 0.3 is 12.1 Å². The first kappa shape index (κ1) is 20.2. The third-order valence-electron chi connectivity index (χ3n) is 3.53. The van der Waals surface area contributed by atoms with Crippen molar-refractivity contribution in [3.8, 4) is 0 Å². The molecule has 7 heteroatoms. The van der Waals surface area contributed by atoms with Crippen LogP contribution in [0.5, 0.6) is 0 Å². The highest BCUT2D eigenvalue weighted by atomic mass is 19.4. The molecule has 0 radical (unpaired) electrons. The predicted octanol–water partition coefficient (Wildman–Crippen LogP) is 2.58. The summed E-state index contributed by atoms with van der Waals surface area (Å²) in [7, 11) is 2.99. The second kappa shape index (κ2) is 9.25. The molecule has 0 heterocycles. The SMILES string of the molecule is CCCN(CCCCC(C)(NC)C(=O)OC)CC(F)(F)F. The molecule has 0 fully saturated rings. The molecule has 0 amide bonds. The summed E-state index contributed by atoms with van der Waals surface area (Å²) in [5.74, 6) is -0.356. The summed E-state index contributed by atoms with van der Waals surface area (Å²) in [6.07, 6.45) is -1.68. The minimum absolute atomic E-state index is 0.356. The Bertz CT molecular complexity index is 311. The topological polar surface area (TPSA) is 41.6 Å². The molecule has 0 spiro atoms. The first-order valence-electron chi connectivity index (χ1n) is 7.25. The molecule has 0 aliphatic rings. The number of alkyl halides is 3. The van der Waals surface area contributed by atoms with Crippen LogP contribution in [0.1, 0.15) is 39.5 Å². The lowest BCUT2D eigenvalue weighted by molar-refractivity contribution is -0.148. The predicted molar refractivity (Wildman–Crippen MR) is 76.1 cm³/mol. The smallest absolute Gasteiger partial charge is 0.401 e. The molecule has 4 nitrogen and oxygen atoms in total. The van der Waals surface area contributed by atoms with Gasteiger partial charge in [-0.2, -0.15) is 13.2 Å². The number of hydrogen-bond donors (Lipinski definition) is 1. The fraction of sp³-hybridized carbons (Fsp3) is 0.929. The van der Waals surface area contributed by atoms with Gasteiger partial charge in [-0.15, -0.1) is 0 Å². The molecule has 1 N–H and O–H groups in total. The highest BCUT2D eigenvalue weighted by Crippen LogP contribution is 2.19. The molecule has 21 heavy (non-hydrogen) atoms. The molecule has 1 unspecified atom stereocenters. The lowest BCUT2D eigenvalue weighted by atomic mass is 9.95. The number of rotatable bonds is 10. The van der Waals surface area contributed by atoms with Gasteiger partial charge in [0.1, 0.15) is 5.54 Å². The fourth-order valence-corrected chi connectivity index (χ4v) is 2.21. The number of carbonyl (C=O) groups is 1. The van der Waals surface area contributed by atoms with E-state index in [1.165, 1.54) is 12.0 Å². The van der Waals surface area contributed by atoms with Crippen molar-refractivity contribution in [2.24, 2.45) is 0 Å². The summed E-state index contributed by atoms with van der Waals surface area (Å²) >= 11 is 0. The van der Waals surface area contributed by atoms with Crippen LogP contribution in [0.2, 0.25) is 0 Å². The number of halogens is 3. The Hall–Kier alpha value is -0.820. The van der Waals surface area contributed by atoms with Crippen LogP contribution in [-0.2, 0) is 9.53 Å². The lowest BCUT2D eigenvalue weighted by Gasteiger charge is -2.27. The molecule has 0 aromatic heterocycles. The number of nitrogens with zero attached hydrogens (tertiary/aromatic N) is 1. The zero-order valence-electron chi connectivity index (χ0n) is 13.3. The van der Waals surface area contributed by atoms with Gasteiger partial charge in [-0.3, -0.25) is 9.69 Å². The Morgan fingerprint density at radius 1 is 1.24 bits per heavy atom. The van der Waals surface area contributed by atoms with Gasteiger partial charge in [-0.1, -0.05) is 6.92 Å². The minimum atomic E-state index is -4.17. The summed E-state index contributed by atoms with van der Waals surface area (Å²) in [6.45, 7) is 3.53. The first-order chi connectivity index (χ1) is 9.68. The Balaban J connectivity index is 4.23. The molecule has 0 rings (SSSR count). The Morgan fingerprint density at radius 3 is 2.29 bits per heavy atom. The van der Waals surface area contributed by atoms with Crippen LogP contribution in [-0.4, -0.2) is 56.4 Å². The van der Waals surface area contributed by atoms with Crippen molar-refractivity contribution >= 4 is 5.97 Å². The van der Waals surface area contributed by atoms with E-state index in [1.807, 2.05) is 6.92 Å². The quantitative estimate of drug-likeness (QED) is 0.497. The van der Waals surface area contributed by atoms with Crippen molar-refractivity contribution in [3.05, 3.63) is 0 Å². The van der Waals surface area contributed by atoms with Crippen molar-refractivity contribution < 1.29 is 22.7 Å². The van der Waals surface area contributed by atoms with Crippen molar-refractivity contribution in [2.45, 2.75) is 51.2 Å². The number of unbranched alkanes of at least 4 members (excludes halogenated alkanes) is 1. The molecule has 0 saturated carbocycles. The van der Waals surface area contributed by atoms with E-state index in [4.69, 9.17) is 4.74 Å². The Kier molecular flexibility index (Phi) is 8.89. The van der Waals surface area contributed by atoms with Crippen LogP contribution < -0.4 is 5.32 Å². The number of nitrogens with one attached hydrogen (secondary N) is 1.